The predicted molar refractivity (Wildman–Crippen MR) is 104 cm³/mol. The number of aliphatic hydroxyl groups is 1. The van der Waals surface area contributed by atoms with Crippen molar-refractivity contribution in [2.24, 2.45) is 0 Å². The van der Waals surface area contributed by atoms with Crippen LogP contribution in [0.3, 0.4) is 0 Å². The molecular weight excluding hydrogens is 419 g/mol. The second-order valence-electron chi connectivity index (χ2n) is 7.11. The Morgan fingerprint density at radius 3 is 2.63 bits per heavy atom. The number of ether oxygens (including phenoxy) is 2. The summed E-state index contributed by atoms with van der Waals surface area (Å²) < 4.78 is 28.4. The Balaban J connectivity index is 1.82. The third-order valence-corrected chi connectivity index (χ3v) is 5.26. The highest BCUT2D eigenvalue weighted by Gasteiger charge is 2.50. The van der Waals surface area contributed by atoms with Gasteiger partial charge in [0.15, 0.2) is 0 Å². The van der Waals surface area contributed by atoms with Crippen LogP contribution in [0, 0.1) is 6.92 Å². The van der Waals surface area contributed by atoms with E-state index in [-0.39, 0.29) is 25.2 Å². The zero-order chi connectivity index (χ0) is 21.9. The maximum atomic E-state index is 12.2. The fraction of sp³-hybridized carbons (Fsp3) is 0.444. The number of nitrogens with one attached hydrogen (secondary N) is 1. The van der Waals surface area contributed by atoms with Crippen LogP contribution in [-0.2, 0) is 25.2 Å². The van der Waals surface area contributed by atoms with Crippen LogP contribution in [0.4, 0.5) is 0 Å². The molecule has 1 aliphatic heterocycles. The molecule has 2 heterocycles. The van der Waals surface area contributed by atoms with Crippen LogP contribution in [0.5, 0.6) is 0 Å². The maximum Gasteiger partial charge on any atom is 0.469 e. The predicted octanol–water partition coefficient (Wildman–Crippen LogP) is 0.190. The third kappa shape index (κ3) is 5.32. The number of hydrogen-bond donors (Lipinski definition) is 4. The summed E-state index contributed by atoms with van der Waals surface area (Å²) in [6.07, 6.45) is -1.04. The van der Waals surface area contributed by atoms with Crippen molar-refractivity contribution in [1.29, 1.82) is 0 Å². The maximum absolute atomic E-state index is 12.2. The average Bonchev–Trinajstić information content (AvgIpc) is 3.00. The molecule has 2 aromatic rings. The van der Waals surface area contributed by atoms with Gasteiger partial charge < -0.3 is 24.4 Å². The average molecular weight is 442 g/mol. The van der Waals surface area contributed by atoms with Gasteiger partial charge in [-0.05, 0) is 12.5 Å². The van der Waals surface area contributed by atoms with E-state index >= 15 is 0 Å². The Morgan fingerprint density at radius 2 is 1.97 bits per heavy atom. The minimum Gasteiger partial charge on any atom is -0.390 e. The first kappa shape index (κ1) is 22.6. The smallest absolute Gasteiger partial charge is 0.390 e. The van der Waals surface area contributed by atoms with Gasteiger partial charge in [0, 0.05) is 18.2 Å². The molecule has 1 fully saturated rings. The van der Waals surface area contributed by atoms with Crippen LogP contribution in [0.2, 0.25) is 0 Å². The molecule has 12 heteroatoms. The quantitative estimate of drug-likeness (QED) is 0.418. The molecule has 0 unspecified atom stereocenters. The van der Waals surface area contributed by atoms with Crippen LogP contribution < -0.4 is 11.2 Å². The lowest BCUT2D eigenvalue weighted by Gasteiger charge is -2.31. The van der Waals surface area contributed by atoms with E-state index in [9.17, 15) is 19.3 Å². The van der Waals surface area contributed by atoms with Gasteiger partial charge in [0.05, 0.1) is 25.9 Å². The number of H-pyrrole nitrogens is 1. The number of aromatic amines is 1. The van der Waals surface area contributed by atoms with E-state index in [4.69, 9.17) is 19.3 Å². The highest BCUT2D eigenvalue weighted by Crippen LogP contribution is 2.42. The Hall–Kier alpha value is -2.11. The fourth-order valence-electron chi connectivity index (χ4n) is 3.19. The first-order valence-corrected chi connectivity index (χ1v) is 10.6. The highest BCUT2D eigenvalue weighted by atomic mass is 31.2. The summed E-state index contributed by atoms with van der Waals surface area (Å²) in [5.74, 6) is 0. The molecule has 0 aliphatic carbocycles. The van der Waals surface area contributed by atoms with E-state index in [1.807, 2.05) is 30.3 Å². The molecule has 1 aromatic carbocycles. The number of hydrogen-bond acceptors (Lipinski definition) is 7. The van der Waals surface area contributed by atoms with E-state index in [1.54, 1.807) is 0 Å². The molecule has 3 rings (SSSR count). The molecule has 0 amide bonds. The number of aromatic nitrogens is 2. The van der Waals surface area contributed by atoms with Crippen LogP contribution >= 0.6 is 7.82 Å². The zero-order valence-electron chi connectivity index (χ0n) is 16.1. The van der Waals surface area contributed by atoms with E-state index < -0.39 is 43.6 Å². The van der Waals surface area contributed by atoms with Crippen LogP contribution in [0.1, 0.15) is 23.8 Å². The third-order valence-electron chi connectivity index (χ3n) is 4.79. The largest absolute Gasteiger partial charge is 0.469 e. The van der Waals surface area contributed by atoms with Gasteiger partial charge in [-0.15, -0.1) is 0 Å². The number of phosphoric acid groups is 1. The molecule has 1 aliphatic rings. The van der Waals surface area contributed by atoms with Gasteiger partial charge in [-0.25, -0.2) is 9.36 Å². The summed E-state index contributed by atoms with van der Waals surface area (Å²) >= 11 is 0. The molecule has 164 valence electrons. The lowest BCUT2D eigenvalue weighted by atomic mass is 9.99. The lowest BCUT2D eigenvalue weighted by Crippen LogP contribution is -2.48. The number of benzene rings is 1. The normalized spacial score (nSPS) is 24.3. The number of rotatable bonds is 8. The molecule has 30 heavy (non-hydrogen) atoms. The standard InChI is InChI=1S/C18H23N2O9P/c1-12-8-20(17(23)19-16(12)22)15-7-14(21)18(29-15,11-28-30(24,25)26)10-27-9-13-5-3-2-4-6-13/h2-6,8,14-15,21H,7,9-11H2,1H3,(H,19,22,23)(H2,24,25,26)/t14-,15+,18+/m0/s1. The Morgan fingerprint density at radius 1 is 1.27 bits per heavy atom. The van der Waals surface area contributed by atoms with Gasteiger partial charge in [0.25, 0.3) is 5.56 Å². The van der Waals surface area contributed by atoms with E-state index in [2.05, 4.69) is 9.51 Å². The Labute approximate surface area is 171 Å². The summed E-state index contributed by atoms with van der Waals surface area (Å²) in [6, 6.07) is 9.16. The fourth-order valence-corrected chi connectivity index (χ4v) is 3.57. The molecule has 3 atom stereocenters. The van der Waals surface area contributed by atoms with Gasteiger partial charge >= 0.3 is 13.5 Å². The number of nitrogens with zero attached hydrogens (tertiary/aromatic N) is 1. The van der Waals surface area contributed by atoms with Gasteiger partial charge in [-0.1, -0.05) is 30.3 Å². The molecule has 1 aromatic heterocycles. The summed E-state index contributed by atoms with van der Waals surface area (Å²) in [4.78, 5) is 44.1. The SMILES string of the molecule is Cc1cn([C@H]2C[C@H](O)[C@@](COCc3ccccc3)(COP(=O)(O)O)O2)c(=O)[nH]c1=O. The number of aliphatic hydroxyl groups excluding tert-OH is 1. The summed E-state index contributed by atoms with van der Waals surface area (Å²) in [6.45, 7) is 0.752. The Kier molecular flexibility index (Phi) is 6.73. The van der Waals surface area contributed by atoms with E-state index in [1.165, 1.54) is 13.1 Å². The van der Waals surface area contributed by atoms with Crippen molar-refractivity contribution in [2.45, 2.75) is 37.9 Å². The van der Waals surface area contributed by atoms with Gasteiger partial charge in [0.1, 0.15) is 11.8 Å². The topological polar surface area (TPSA) is 160 Å². The van der Waals surface area contributed by atoms with Gasteiger partial charge in [-0.3, -0.25) is 18.9 Å². The Bertz CT molecular complexity index is 1030. The van der Waals surface area contributed by atoms with Crippen molar-refractivity contribution >= 4 is 7.82 Å². The van der Waals surface area contributed by atoms with E-state index in [0.29, 0.717) is 0 Å². The monoisotopic (exact) mass is 442 g/mol. The zero-order valence-corrected chi connectivity index (χ0v) is 17.0. The summed E-state index contributed by atoms with van der Waals surface area (Å²) in [5.41, 5.74) is -1.81. The van der Waals surface area contributed by atoms with Crippen molar-refractivity contribution in [3.8, 4) is 0 Å². The first-order valence-electron chi connectivity index (χ1n) is 9.09. The van der Waals surface area contributed by atoms with Crippen LogP contribution in [0.25, 0.3) is 0 Å². The second kappa shape index (κ2) is 8.94. The number of aryl methyl sites for hydroxylation is 1. The minimum absolute atomic E-state index is 0.0788. The first-order chi connectivity index (χ1) is 14.1. The van der Waals surface area contributed by atoms with Crippen molar-refractivity contribution in [1.82, 2.24) is 9.55 Å². The molecule has 0 radical (unpaired) electrons. The summed E-state index contributed by atoms with van der Waals surface area (Å²) in [5, 5.41) is 10.7. The molecule has 1 saturated heterocycles. The molecule has 4 N–H and O–H groups in total. The molecule has 0 bridgehead atoms. The van der Waals surface area contributed by atoms with Crippen LogP contribution in [-0.4, -0.2) is 49.4 Å². The minimum atomic E-state index is -4.86. The van der Waals surface area contributed by atoms with E-state index in [0.717, 1.165) is 10.1 Å². The molecule has 0 saturated carbocycles. The van der Waals surface area contributed by atoms with Crippen molar-refractivity contribution in [2.75, 3.05) is 13.2 Å². The lowest BCUT2D eigenvalue weighted by molar-refractivity contribution is -0.161. The van der Waals surface area contributed by atoms with Gasteiger partial charge in [-0.2, -0.15) is 0 Å². The van der Waals surface area contributed by atoms with Crippen molar-refractivity contribution in [3.63, 3.8) is 0 Å². The van der Waals surface area contributed by atoms with Crippen molar-refractivity contribution < 1.29 is 33.5 Å². The molecule has 0 spiro atoms. The second-order valence-corrected chi connectivity index (χ2v) is 8.35. The molecular formula is C18H23N2O9P. The number of phosphoric ester groups is 1. The van der Waals surface area contributed by atoms with Crippen LogP contribution in [0.15, 0.2) is 46.1 Å². The molecule has 11 nitrogen and oxygen atoms in total. The van der Waals surface area contributed by atoms with Crippen molar-refractivity contribution in [3.05, 3.63) is 68.5 Å². The van der Waals surface area contributed by atoms with Gasteiger partial charge in [0.2, 0.25) is 0 Å². The summed E-state index contributed by atoms with van der Waals surface area (Å²) in [7, 11) is -4.86. The highest BCUT2D eigenvalue weighted by molar-refractivity contribution is 7.46.